The maximum absolute atomic E-state index is 11.6. The van der Waals surface area contributed by atoms with Crippen LogP contribution in [0.5, 0.6) is 5.75 Å². The van der Waals surface area contributed by atoms with Gasteiger partial charge in [0.15, 0.2) is 0 Å². The van der Waals surface area contributed by atoms with Crippen molar-refractivity contribution in [3.8, 4) is 5.75 Å². The molecule has 0 saturated heterocycles. The third-order valence-corrected chi connectivity index (χ3v) is 4.17. The van der Waals surface area contributed by atoms with E-state index in [9.17, 15) is 8.42 Å². The van der Waals surface area contributed by atoms with Gasteiger partial charge >= 0.3 is 0 Å². The Morgan fingerprint density at radius 3 is 2.65 bits per heavy atom. The van der Waals surface area contributed by atoms with E-state index in [1.807, 2.05) is 18.2 Å². The van der Waals surface area contributed by atoms with Crippen LogP contribution in [0.15, 0.2) is 24.3 Å². The summed E-state index contributed by atoms with van der Waals surface area (Å²) in [4.78, 5) is 0. The molecule has 0 aliphatic rings. The van der Waals surface area contributed by atoms with Crippen molar-refractivity contribution in [3.05, 3.63) is 29.8 Å². The molecule has 0 aliphatic heterocycles. The highest BCUT2D eigenvalue weighted by molar-refractivity contribution is 7.89. The van der Waals surface area contributed by atoms with Crippen molar-refractivity contribution in [2.24, 2.45) is 0 Å². The maximum Gasteiger partial charge on any atom is 0.213 e. The summed E-state index contributed by atoms with van der Waals surface area (Å²) in [5, 5.41) is 0. The molecule has 0 bridgehead atoms. The van der Waals surface area contributed by atoms with E-state index in [0.717, 1.165) is 5.56 Å². The number of sulfonamides is 1. The largest absolute Gasteiger partial charge is 0.496 e. The number of hydrogen-bond donors (Lipinski definition) is 1. The van der Waals surface area contributed by atoms with Gasteiger partial charge in [-0.05, 0) is 13.0 Å². The highest BCUT2D eigenvalue weighted by Gasteiger charge is 2.17. The van der Waals surface area contributed by atoms with Crippen molar-refractivity contribution in [2.75, 3.05) is 18.7 Å². The lowest BCUT2D eigenvalue weighted by atomic mass is 10.1. The molecule has 4 nitrogen and oxygen atoms in total. The summed E-state index contributed by atoms with van der Waals surface area (Å²) in [5.41, 5.74) is 0.799. The standard InChI is InChI=1S/C11H16ClNO3S/c1-9(13-17(14,15)8-7-12)10-5-3-4-6-11(10)16-2/h3-6,9,13H,7-8H2,1-2H3/t9-/m0/s1. The number of benzene rings is 1. The fraction of sp³-hybridized carbons (Fsp3) is 0.455. The van der Waals surface area contributed by atoms with E-state index in [2.05, 4.69) is 4.72 Å². The molecule has 1 atom stereocenters. The van der Waals surface area contributed by atoms with Crippen molar-refractivity contribution in [1.82, 2.24) is 4.72 Å². The number of alkyl halides is 1. The van der Waals surface area contributed by atoms with E-state index >= 15 is 0 Å². The molecule has 0 radical (unpaired) electrons. The molecule has 1 aromatic carbocycles. The molecule has 0 unspecified atom stereocenters. The van der Waals surface area contributed by atoms with E-state index in [4.69, 9.17) is 16.3 Å². The number of methoxy groups -OCH3 is 1. The Hall–Kier alpha value is -0.780. The zero-order chi connectivity index (χ0) is 12.9. The number of rotatable bonds is 6. The van der Waals surface area contributed by atoms with Crippen LogP contribution in [-0.4, -0.2) is 27.2 Å². The van der Waals surface area contributed by atoms with Crippen LogP contribution in [0, 0.1) is 0 Å². The number of hydrogen-bond acceptors (Lipinski definition) is 3. The molecule has 0 amide bonds. The molecule has 17 heavy (non-hydrogen) atoms. The van der Waals surface area contributed by atoms with Crippen LogP contribution >= 0.6 is 11.6 Å². The van der Waals surface area contributed by atoms with Gasteiger partial charge in [-0.2, -0.15) is 0 Å². The smallest absolute Gasteiger partial charge is 0.213 e. The number of nitrogens with one attached hydrogen (secondary N) is 1. The van der Waals surface area contributed by atoms with Gasteiger partial charge in [0.05, 0.1) is 12.9 Å². The molecule has 0 aliphatic carbocycles. The lowest BCUT2D eigenvalue weighted by Crippen LogP contribution is -2.29. The molecule has 6 heteroatoms. The molecule has 1 N–H and O–H groups in total. The Morgan fingerprint density at radius 2 is 2.06 bits per heavy atom. The SMILES string of the molecule is COc1ccccc1[C@H](C)NS(=O)(=O)CCCl. The quantitative estimate of drug-likeness (QED) is 0.808. The van der Waals surface area contributed by atoms with Gasteiger partial charge in [0.25, 0.3) is 0 Å². The van der Waals surface area contributed by atoms with E-state index in [0.29, 0.717) is 5.75 Å². The third-order valence-electron chi connectivity index (χ3n) is 2.31. The Morgan fingerprint density at radius 1 is 1.41 bits per heavy atom. The van der Waals surface area contributed by atoms with Crippen molar-refractivity contribution < 1.29 is 13.2 Å². The minimum absolute atomic E-state index is 0.0774. The minimum atomic E-state index is -3.34. The van der Waals surface area contributed by atoms with Crippen molar-refractivity contribution >= 4 is 21.6 Å². The van der Waals surface area contributed by atoms with Gasteiger partial charge in [-0.1, -0.05) is 18.2 Å². The van der Waals surface area contributed by atoms with Crippen LogP contribution in [0.4, 0.5) is 0 Å². The molecule has 0 saturated carbocycles. The van der Waals surface area contributed by atoms with Crippen LogP contribution in [-0.2, 0) is 10.0 Å². The highest BCUT2D eigenvalue weighted by Crippen LogP contribution is 2.24. The fourth-order valence-corrected chi connectivity index (χ4v) is 3.11. The van der Waals surface area contributed by atoms with Crippen LogP contribution in [0.25, 0.3) is 0 Å². The van der Waals surface area contributed by atoms with Gasteiger partial charge in [-0.25, -0.2) is 13.1 Å². The van der Waals surface area contributed by atoms with E-state index < -0.39 is 10.0 Å². The normalized spacial score (nSPS) is 13.4. The molecule has 0 aromatic heterocycles. The molecule has 0 fully saturated rings. The van der Waals surface area contributed by atoms with Crippen LogP contribution in [0.3, 0.4) is 0 Å². The van der Waals surface area contributed by atoms with Gasteiger partial charge < -0.3 is 4.74 Å². The lowest BCUT2D eigenvalue weighted by Gasteiger charge is -2.16. The second-order valence-corrected chi connectivity index (χ2v) is 5.84. The zero-order valence-electron chi connectivity index (χ0n) is 9.81. The van der Waals surface area contributed by atoms with Crippen LogP contribution in [0.2, 0.25) is 0 Å². The molecule has 1 aromatic rings. The highest BCUT2D eigenvalue weighted by atomic mass is 35.5. The number of ether oxygens (including phenoxy) is 1. The Labute approximate surface area is 107 Å². The van der Waals surface area contributed by atoms with Gasteiger partial charge in [-0.15, -0.1) is 11.6 Å². The number of halogens is 1. The molecule has 96 valence electrons. The Bertz CT molecular complexity index is 462. The predicted molar refractivity (Wildman–Crippen MR) is 69.1 cm³/mol. The summed E-state index contributed by atoms with van der Waals surface area (Å²) in [6.45, 7) is 1.77. The van der Waals surface area contributed by atoms with Crippen LogP contribution < -0.4 is 9.46 Å². The first-order valence-electron chi connectivity index (χ1n) is 5.19. The first kappa shape index (κ1) is 14.3. The van der Waals surface area contributed by atoms with Gasteiger partial charge in [0.1, 0.15) is 5.75 Å². The lowest BCUT2D eigenvalue weighted by molar-refractivity contribution is 0.405. The first-order valence-corrected chi connectivity index (χ1v) is 7.37. The topological polar surface area (TPSA) is 55.4 Å². The average Bonchev–Trinajstić information content (AvgIpc) is 2.28. The third kappa shape index (κ3) is 4.18. The summed E-state index contributed by atoms with van der Waals surface area (Å²) >= 11 is 5.43. The summed E-state index contributed by atoms with van der Waals surface area (Å²) in [6.07, 6.45) is 0. The molecule has 0 spiro atoms. The van der Waals surface area contributed by atoms with Crippen molar-refractivity contribution in [1.29, 1.82) is 0 Å². The van der Waals surface area contributed by atoms with Gasteiger partial charge in [0.2, 0.25) is 10.0 Å². The summed E-state index contributed by atoms with van der Waals surface area (Å²) < 4.78 is 30.9. The fourth-order valence-electron chi connectivity index (χ4n) is 1.52. The van der Waals surface area contributed by atoms with Crippen LogP contribution in [0.1, 0.15) is 18.5 Å². The van der Waals surface area contributed by atoms with E-state index in [1.165, 1.54) is 0 Å². The maximum atomic E-state index is 11.6. The second kappa shape index (κ2) is 6.23. The van der Waals surface area contributed by atoms with Gasteiger partial charge in [-0.3, -0.25) is 0 Å². The summed E-state index contributed by atoms with van der Waals surface area (Å²) in [6, 6.07) is 6.94. The Kier molecular flexibility index (Phi) is 5.24. The monoisotopic (exact) mass is 277 g/mol. The average molecular weight is 278 g/mol. The summed E-state index contributed by atoms with van der Waals surface area (Å²) in [7, 11) is -1.79. The molecule has 1 rings (SSSR count). The van der Waals surface area contributed by atoms with E-state index in [-0.39, 0.29) is 17.7 Å². The Balaban J connectivity index is 2.86. The van der Waals surface area contributed by atoms with Gasteiger partial charge in [0, 0.05) is 17.5 Å². The molecular formula is C11H16ClNO3S. The first-order chi connectivity index (χ1) is 8.00. The minimum Gasteiger partial charge on any atom is -0.496 e. The van der Waals surface area contributed by atoms with Crippen molar-refractivity contribution in [3.63, 3.8) is 0 Å². The summed E-state index contributed by atoms with van der Waals surface area (Å²) in [5.74, 6) is 0.649. The molecular weight excluding hydrogens is 262 g/mol. The zero-order valence-corrected chi connectivity index (χ0v) is 11.4. The van der Waals surface area contributed by atoms with E-state index in [1.54, 1.807) is 20.1 Å². The van der Waals surface area contributed by atoms with Crippen molar-refractivity contribution in [2.45, 2.75) is 13.0 Å². The number of para-hydroxylation sites is 1. The second-order valence-electron chi connectivity index (χ2n) is 3.59. The molecule has 0 heterocycles. The predicted octanol–water partition coefficient (Wildman–Crippen LogP) is 1.91.